The van der Waals surface area contributed by atoms with Crippen LogP contribution in [0.25, 0.3) is 0 Å². The van der Waals surface area contributed by atoms with E-state index in [-0.39, 0.29) is 17.8 Å². The summed E-state index contributed by atoms with van der Waals surface area (Å²) in [6.07, 6.45) is -4.30. The topological polar surface area (TPSA) is 50.1 Å². The lowest BCUT2D eigenvalue weighted by Crippen LogP contribution is -2.24. The van der Waals surface area contributed by atoms with Crippen molar-refractivity contribution in [3.05, 3.63) is 46.8 Å². The number of aromatic nitrogens is 2. The quantitative estimate of drug-likeness (QED) is 0.858. The molecule has 0 saturated carbocycles. The van der Waals surface area contributed by atoms with E-state index in [1.807, 2.05) is 19.9 Å². The van der Waals surface area contributed by atoms with Gasteiger partial charge in [0.25, 0.3) is 0 Å². The zero-order valence-corrected chi connectivity index (χ0v) is 14.1. The minimum absolute atomic E-state index is 0.0723. The molecule has 1 aromatic carbocycles. The Labute approximate surface area is 139 Å². The van der Waals surface area contributed by atoms with Crippen LogP contribution in [0, 0.1) is 13.8 Å². The number of phenolic OH excluding ortho intramolecular Hbond substituents is 1. The second kappa shape index (κ2) is 6.84. The molecule has 0 radical (unpaired) electrons. The van der Waals surface area contributed by atoms with Crippen LogP contribution in [0.2, 0.25) is 0 Å². The van der Waals surface area contributed by atoms with Crippen molar-refractivity contribution in [2.24, 2.45) is 0 Å². The lowest BCUT2D eigenvalue weighted by Gasteiger charge is -2.21. The third-order valence-corrected chi connectivity index (χ3v) is 4.07. The normalized spacial score (nSPS) is 14.6. The van der Waals surface area contributed by atoms with Crippen molar-refractivity contribution in [2.45, 2.75) is 52.5 Å². The first kappa shape index (κ1) is 18.3. The van der Waals surface area contributed by atoms with Crippen molar-refractivity contribution in [3.8, 4) is 5.75 Å². The zero-order valence-electron chi connectivity index (χ0n) is 14.1. The van der Waals surface area contributed by atoms with Crippen molar-refractivity contribution in [1.82, 2.24) is 15.1 Å². The number of halogens is 3. The monoisotopic (exact) mass is 341 g/mol. The van der Waals surface area contributed by atoms with Gasteiger partial charge >= 0.3 is 6.18 Å². The van der Waals surface area contributed by atoms with Gasteiger partial charge < -0.3 is 10.4 Å². The Kier molecular flexibility index (Phi) is 5.22. The molecule has 2 aromatic rings. The molecule has 132 valence electrons. The van der Waals surface area contributed by atoms with Gasteiger partial charge in [0.05, 0.1) is 5.69 Å². The van der Waals surface area contributed by atoms with Crippen LogP contribution < -0.4 is 5.32 Å². The SMILES string of the molecule is Cc1nn(CC(F)(F)F)c(C)c1[C@@H](C)N[C@H](C)c1cccc(O)c1. The summed E-state index contributed by atoms with van der Waals surface area (Å²) >= 11 is 0. The first-order valence-corrected chi connectivity index (χ1v) is 7.74. The van der Waals surface area contributed by atoms with Crippen molar-refractivity contribution < 1.29 is 18.3 Å². The summed E-state index contributed by atoms with van der Waals surface area (Å²) in [4.78, 5) is 0. The number of nitrogens with zero attached hydrogens (tertiary/aromatic N) is 2. The predicted octanol–water partition coefficient (Wildman–Crippen LogP) is 4.18. The Morgan fingerprint density at radius 1 is 1.21 bits per heavy atom. The fourth-order valence-corrected chi connectivity index (χ4v) is 3.01. The van der Waals surface area contributed by atoms with Gasteiger partial charge in [0, 0.05) is 23.3 Å². The van der Waals surface area contributed by atoms with Crippen LogP contribution in [0.15, 0.2) is 24.3 Å². The van der Waals surface area contributed by atoms with Crippen molar-refractivity contribution in [1.29, 1.82) is 0 Å². The van der Waals surface area contributed by atoms with Crippen LogP contribution in [0.4, 0.5) is 13.2 Å². The molecule has 0 aliphatic carbocycles. The predicted molar refractivity (Wildman–Crippen MR) is 85.8 cm³/mol. The molecule has 24 heavy (non-hydrogen) atoms. The number of hydrogen-bond donors (Lipinski definition) is 2. The summed E-state index contributed by atoms with van der Waals surface area (Å²) in [6, 6.07) is 6.65. The van der Waals surface area contributed by atoms with Crippen LogP contribution >= 0.6 is 0 Å². The van der Waals surface area contributed by atoms with Gasteiger partial charge in [-0.2, -0.15) is 18.3 Å². The lowest BCUT2D eigenvalue weighted by molar-refractivity contribution is -0.143. The van der Waals surface area contributed by atoms with Gasteiger partial charge in [-0.1, -0.05) is 12.1 Å². The first-order chi connectivity index (χ1) is 11.1. The maximum atomic E-state index is 12.6. The highest BCUT2D eigenvalue weighted by Crippen LogP contribution is 2.27. The fourth-order valence-electron chi connectivity index (χ4n) is 3.01. The molecule has 0 aliphatic heterocycles. The second-order valence-electron chi connectivity index (χ2n) is 6.06. The van der Waals surface area contributed by atoms with Crippen molar-refractivity contribution >= 4 is 0 Å². The minimum atomic E-state index is -4.30. The van der Waals surface area contributed by atoms with Gasteiger partial charge in [0.15, 0.2) is 0 Å². The van der Waals surface area contributed by atoms with E-state index >= 15 is 0 Å². The fraction of sp³-hybridized carbons (Fsp3) is 0.471. The molecule has 2 rings (SSSR count). The number of benzene rings is 1. The molecular weight excluding hydrogens is 319 g/mol. The van der Waals surface area contributed by atoms with Gasteiger partial charge in [-0.3, -0.25) is 4.68 Å². The molecule has 0 amide bonds. The molecule has 0 fully saturated rings. The van der Waals surface area contributed by atoms with Crippen LogP contribution in [0.1, 0.15) is 48.4 Å². The average molecular weight is 341 g/mol. The lowest BCUT2D eigenvalue weighted by atomic mass is 10.0. The minimum Gasteiger partial charge on any atom is -0.508 e. The van der Waals surface area contributed by atoms with Crippen LogP contribution in [-0.2, 0) is 6.54 Å². The molecule has 0 aliphatic rings. The van der Waals surface area contributed by atoms with Crippen molar-refractivity contribution in [3.63, 3.8) is 0 Å². The summed E-state index contributed by atoms with van der Waals surface area (Å²) in [5, 5.41) is 16.9. The third kappa shape index (κ3) is 4.29. The molecule has 1 aromatic heterocycles. The Morgan fingerprint density at radius 2 is 1.88 bits per heavy atom. The maximum absolute atomic E-state index is 12.6. The molecule has 1 heterocycles. The zero-order chi connectivity index (χ0) is 18.1. The molecule has 0 unspecified atom stereocenters. The summed E-state index contributed by atoms with van der Waals surface area (Å²) in [6.45, 7) is 6.11. The molecule has 0 saturated heterocycles. The Balaban J connectivity index is 2.19. The number of rotatable bonds is 5. The average Bonchev–Trinajstić information content (AvgIpc) is 2.71. The van der Waals surface area contributed by atoms with Crippen LogP contribution in [0.5, 0.6) is 5.75 Å². The highest BCUT2D eigenvalue weighted by Gasteiger charge is 2.30. The van der Waals surface area contributed by atoms with Gasteiger partial charge in [-0.05, 0) is 45.4 Å². The van der Waals surface area contributed by atoms with E-state index in [0.717, 1.165) is 15.8 Å². The van der Waals surface area contributed by atoms with Gasteiger partial charge in [-0.15, -0.1) is 0 Å². The third-order valence-electron chi connectivity index (χ3n) is 4.07. The highest BCUT2D eigenvalue weighted by atomic mass is 19.4. The van der Waals surface area contributed by atoms with Crippen LogP contribution in [0.3, 0.4) is 0 Å². The molecule has 0 spiro atoms. The van der Waals surface area contributed by atoms with E-state index in [0.29, 0.717) is 11.4 Å². The van der Waals surface area contributed by atoms with Gasteiger partial charge in [0.1, 0.15) is 12.3 Å². The van der Waals surface area contributed by atoms with Crippen LogP contribution in [-0.4, -0.2) is 21.1 Å². The summed E-state index contributed by atoms with van der Waals surface area (Å²) in [5.41, 5.74) is 2.76. The molecule has 7 heteroatoms. The summed E-state index contributed by atoms with van der Waals surface area (Å²) in [7, 11) is 0. The van der Waals surface area contributed by atoms with Gasteiger partial charge in [0.2, 0.25) is 0 Å². The molecule has 2 N–H and O–H groups in total. The highest BCUT2D eigenvalue weighted by molar-refractivity contribution is 5.31. The first-order valence-electron chi connectivity index (χ1n) is 7.74. The Bertz CT molecular complexity index is 710. The number of alkyl halides is 3. The Hall–Kier alpha value is -2.02. The molecule has 4 nitrogen and oxygen atoms in total. The number of nitrogens with one attached hydrogen (secondary N) is 1. The number of phenols is 1. The molecular formula is C17H22F3N3O. The number of hydrogen-bond acceptors (Lipinski definition) is 3. The van der Waals surface area contributed by atoms with Crippen molar-refractivity contribution in [2.75, 3.05) is 0 Å². The summed E-state index contributed by atoms with van der Waals surface area (Å²) < 4.78 is 38.9. The van der Waals surface area contributed by atoms with E-state index in [1.165, 1.54) is 0 Å². The largest absolute Gasteiger partial charge is 0.508 e. The summed E-state index contributed by atoms with van der Waals surface area (Å²) in [5.74, 6) is 0.180. The smallest absolute Gasteiger partial charge is 0.408 e. The van der Waals surface area contributed by atoms with Gasteiger partial charge in [-0.25, -0.2) is 0 Å². The van der Waals surface area contributed by atoms with E-state index < -0.39 is 12.7 Å². The van der Waals surface area contributed by atoms with E-state index in [2.05, 4.69) is 10.4 Å². The second-order valence-corrected chi connectivity index (χ2v) is 6.06. The standard InChI is InChI=1S/C17H22F3N3O/c1-10(14-6-5-7-15(24)8-14)21-11(2)16-12(3)22-23(13(16)4)9-17(18,19)20/h5-8,10-11,21,24H,9H2,1-4H3/t10-,11-/m1/s1. The molecule has 2 atom stereocenters. The van der Waals surface area contributed by atoms with E-state index in [4.69, 9.17) is 0 Å². The molecule has 0 bridgehead atoms. The number of aromatic hydroxyl groups is 1. The maximum Gasteiger partial charge on any atom is 0.408 e. The number of aryl methyl sites for hydroxylation is 1. The van der Waals surface area contributed by atoms with E-state index in [9.17, 15) is 18.3 Å². The van der Waals surface area contributed by atoms with E-state index in [1.54, 1.807) is 32.0 Å². The Morgan fingerprint density at radius 3 is 2.46 bits per heavy atom.